The van der Waals surface area contributed by atoms with Crippen LogP contribution in [0.25, 0.3) is 0 Å². The van der Waals surface area contributed by atoms with E-state index in [2.05, 4.69) is 4.74 Å². The average molecular weight is 298 g/mol. The summed E-state index contributed by atoms with van der Waals surface area (Å²) >= 11 is 0. The zero-order valence-electron chi connectivity index (χ0n) is 12.0. The van der Waals surface area contributed by atoms with Crippen LogP contribution in [0.1, 0.15) is 30.1 Å². The van der Waals surface area contributed by atoms with Crippen molar-refractivity contribution in [1.82, 2.24) is 4.90 Å². The summed E-state index contributed by atoms with van der Waals surface area (Å²) in [5, 5.41) is 0. The monoisotopic (exact) mass is 298 g/mol. The van der Waals surface area contributed by atoms with Gasteiger partial charge in [0.15, 0.2) is 0 Å². The first kappa shape index (κ1) is 15.7. The van der Waals surface area contributed by atoms with Crippen molar-refractivity contribution >= 4 is 5.91 Å². The number of carbonyl (C=O) groups is 1. The molecule has 2 rings (SSSR count). The van der Waals surface area contributed by atoms with Crippen LogP contribution in [0.3, 0.4) is 0 Å². The van der Waals surface area contributed by atoms with E-state index in [1.54, 1.807) is 17.0 Å². The molecule has 1 heterocycles. The number of piperidine rings is 1. The Kier molecular flexibility index (Phi) is 5.12. The summed E-state index contributed by atoms with van der Waals surface area (Å²) in [7, 11) is 0. The lowest BCUT2D eigenvalue weighted by molar-refractivity contribution is -0.0499. The highest BCUT2D eigenvalue weighted by molar-refractivity contribution is 5.94. The van der Waals surface area contributed by atoms with Crippen molar-refractivity contribution in [1.29, 1.82) is 0 Å². The molecule has 0 radical (unpaired) electrons. The third-order valence-corrected chi connectivity index (χ3v) is 3.88. The number of alkyl halides is 2. The van der Waals surface area contributed by atoms with Gasteiger partial charge in [-0.05, 0) is 50.4 Å². The lowest BCUT2D eigenvalue weighted by Gasteiger charge is -2.37. The van der Waals surface area contributed by atoms with Crippen molar-refractivity contribution in [3.63, 3.8) is 0 Å². The van der Waals surface area contributed by atoms with Gasteiger partial charge in [0.1, 0.15) is 5.75 Å². The van der Waals surface area contributed by atoms with Crippen LogP contribution in [0.2, 0.25) is 0 Å². The molecule has 1 aliphatic heterocycles. The number of nitrogens with zero attached hydrogens (tertiary/aromatic N) is 1. The van der Waals surface area contributed by atoms with E-state index in [0.717, 1.165) is 12.8 Å². The summed E-state index contributed by atoms with van der Waals surface area (Å²) in [5.41, 5.74) is 6.05. The van der Waals surface area contributed by atoms with Gasteiger partial charge in [0.2, 0.25) is 0 Å². The molecular weight excluding hydrogens is 278 g/mol. The molecule has 2 atom stereocenters. The number of ether oxygens (including phenoxy) is 1. The maximum atomic E-state index is 12.6. The maximum absolute atomic E-state index is 12.6. The summed E-state index contributed by atoms with van der Waals surface area (Å²) in [6, 6.07) is 6.04. The van der Waals surface area contributed by atoms with E-state index in [4.69, 9.17) is 5.73 Å². The SMILES string of the molecule is CC1CCC(CN)CN1C(=O)c1cccc(OC(F)F)c1. The van der Waals surface area contributed by atoms with E-state index in [1.165, 1.54) is 12.1 Å². The average Bonchev–Trinajstić information content (AvgIpc) is 2.46. The van der Waals surface area contributed by atoms with Gasteiger partial charge in [-0.1, -0.05) is 6.07 Å². The fourth-order valence-electron chi connectivity index (χ4n) is 2.63. The van der Waals surface area contributed by atoms with Gasteiger partial charge in [0.05, 0.1) is 0 Å². The standard InChI is InChI=1S/C15H20F2N2O2/c1-10-5-6-11(8-18)9-19(10)14(20)12-3-2-4-13(7-12)21-15(16)17/h2-4,7,10-11,15H,5-6,8-9,18H2,1H3. The van der Waals surface area contributed by atoms with Crippen LogP contribution in [0, 0.1) is 5.92 Å². The number of carbonyl (C=O) groups excluding carboxylic acids is 1. The third kappa shape index (κ3) is 3.91. The number of nitrogens with two attached hydrogens (primary N) is 1. The van der Waals surface area contributed by atoms with Crippen molar-refractivity contribution in [2.24, 2.45) is 11.7 Å². The van der Waals surface area contributed by atoms with E-state index >= 15 is 0 Å². The van der Waals surface area contributed by atoms with E-state index in [1.807, 2.05) is 6.92 Å². The van der Waals surface area contributed by atoms with Gasteiger partial charge in [-0.25, -0.2) is 0 Å². The molecule has 1 fully saturated rings. The Morgan fingerprint density at radius 2 is 2.24 bits per heavy atom. The predicted octanol–water partition coefficient (Wildman–Crippen LogP) is 2.49. The lowest BCUT2D eigenvalue weighted by Crippen LogP contribution is -2.47. The molecule has 1 aromatic carbocycles. The highest BCUT2D eigenvalue weighted by atomic mass is 19.3. The largest absolute Gasteiger partial charge is 0.435 e. The smallest absolute Gasteiger partial charge is 0.387 e. The van der Waals surface area contributed by atoms with Crippen LogP contribution in [0.5, 0.6) is 5.75 Å². The second kappa shape index (κ2) is 6.85. The van der Waals surface area contributed by atoms with Crippen molar-refractivity contribution < 1.29 is 18.3 Å². The Labute approximate surface area is 122 Å². The number of amides is 1. The first-order valence-corrected chi connectivity index (χ1v) is 7.07. The second-order valence-electron chi connectivity index (χ2n) is 5.39. The minimum atomic E-state index is -2.90. The quantitative estimate of drug-likeness (QED) is 0.929. The molecule has 2 unspecified atom stereocenters. The van der Waals surface area contributed by atoms with E-state index < -0.39 is 6.61 Å². The van der Waals surface area contributed by atoms with Gasteiger partial charge in [0.25, 0.3) is 5.91 Å². The van der Waals surface area contributed by atoms with Crippen molar-refractivity contribution in [2.75, 3.05) is 13.1 Å². The predicted molar refractivity (Wildman–Crippen MR) is 75.4 cm³/mol. The Morgan fingerprint density at radius 3 is 2.90 bits per heavy atom. The summed E-state index contributed by atoms with van der Waals surface area (Å²) in [6.07, 6.45) is 1.91. The molecule has 1 amide bonds. The molecule has 0 saturated carbocycles. The number of halogens is 2. The van der Waals surface area contributed by atoms with Crippen LogP contribution in [-0.4, -0.2) is 36.5 Å². The molecule has 1 aromatic rings. The molecule has 2 N–H and O–H groups in total. The summed E-state index contributed by atoms with van der Waals surface area (Å²) in [5.74, 6) is 0.127. The fourth-order valence-corrected chi connectivity index (χ4v) is 2.63. The molecule has 0 bridgehead atoms. The molecule has 116 valence electrons. The zero-order chi connectivity index (χ0) is 15.4. The second-order valence-corrected chi connectivity index (χ2v) is 5.39. The molecule has 0 aromatic heterocycles. The van der Waals surface area contributed by atoms with Crippen LogP contribution < -0.4 is 10.5 Å². The highest BCUT2D eigenvalue weighted by Crippen LogP contribution is 2.24. The molecule has 6 heteroatoms. The van der Waals surface area contributed by atoms with E-state index in [0.29, 0.717) is 24.6 Å². The molecule has 1 aliphatic rings. The number of hydrogen-bond donors (Lipinski definition) is 1. The number of hydrogen-bond acceptors (Lipinski definition) is 3. The normalized spacial score (nSPS) is 22.4. The highest BCUT2D eigenvalue weighted by Gasteiger charge is 2.29. The van der Waals surface area contributed by atoms with Gasteiger partial charge in [0, 0.05) is 18.2 Å². The van der Waals surface area contributed by atoms with Gasteiger partial charge in [-0.3, -0.25) is 4.79 Å². The van der Waals surface area contributed by atoms with Crippen LogP contribution in [-0.2, 0) is 0 Å². The number of benzene rings is 1. The van der Waals surface area contributed by atoms with Crippen molar-refractivity contribution in [3.8, 4) is 5.75 Å². The summed E-state index contributed by atoms with van der Waals surface area (Å²) in [4.78, 5) is 14.3. The minimum absolute atomic E-state index is 0.00381. The topological polar surface area (TPSA) is 55.6 Å². The molecule has 0 aliphatic carbocycles. The van der Waals surface area contributed by atoms with Gasteiger partial charge >= 0.3 is 6.61 Å². The lowest BCUT2D eigenvalue weighted by atomic mass is 9.93. The minimum Gasteiger partial charge on any atom is -0.435 e. The summed E-state index contributed by atoms with van der Waals surface area (Å²) in [6.45, 7) is 0.247. The number of rotatable bonds is 4. The van der Waals surface area contributed by atoms with Crippen LogP contribution in [0.4, 0.5) is 8.78 Å². The van der Waals surface area contributed by atoms with Gasteiger partial charge in [-0.2, -0.15) is 8.78 Å². The first-order chi connectivity index (χ1) is 10.0. The molecular formula is C15H20F2N2O2. The summed E-state index contributed by atoms with van der Waals surface area (Å²) < 4.78 is 28.8. The zero-order valence-corrected chi connectivity index (χ0v) is 12.0. The Balaban J connectivity index is 2.14. The third-order valence-electron chi connectivity index (χ3n) is 3.88. The Bertz CT molecular complexity index is 496. The fraction of sp³-hybridized carbons (Fsp3) is 0.533. The van der Waals surface area contributed by atoms with Crippen LogP contribution >= 0.6 is 0 Å². The Morgan fingerprint density at radius 1 is 1.48 bits per heavy atom. The molecule has 0 spiro atoms. The van der Waals surface area contributed by atoms with E-state index in [-0.39, 0.29) is 17.7 Å². The maximum Gasteiger partial charge on any atom is 0.387 e. The number of likely N-dealkylation sites (tertiary alicyclic amines) is 1. The molecule has 21 heavy (non-hydrogen) atoms. The van der Waals surface area contributed by atoms with Crippen LogP contribution in [0.15, 0.2) is 24.3 Å². The molecule has 4 nitrogen and oxygen atoms in total. The molecule has 1 saturated heterocycles. The van der Waals surface area contributed by atoms with Crippen molar-refractivity contribution in [2.45, 2.75) is 32.4 Å². The Hall–Kier alpha value is -1.69. The first-order valence-electron chi connectivity index (χ1n) is 7.07. The van der Waals surface area contributed by atoms with Gasteiger partial charge < -0.3 is 15.4 Å². The van der Waals surface area contributed by atoms with Crippen molar-refractivity contribution in [3.05, 3.63) is 29.8 Å². The van der Waals surface area contributed by atoms with Gasteiger partial charge in [-0.15, -0.1) is 0 Å². The van der Waals surface area contributed by atoms with E-state index in [9.17, 15) is 13.6 Å².